The fourth-order valence-corrected chi connectivity index (χ4v) is 8.83. The predicted molar refractivity (Wildman–Crippen MR) is 151 cm³/mol. The molecule has 1 amide bonds. The molecule has 0 unspecified atom stereocenters. The second kappa shape index (κ2) is 12.8. The Morgan fingerprint density at radius 1 is 0.872 bits per heavy atom. The number of benzene rings is 1. The number of hydrogen-bond acceptors (Lipinski definition) is 6. The third-order valence-corrected chi connectivity index (χ3v) is 11.0. The van der Waals surface area contributed by atoms with Gasteiger partial charge in [-0.3, -0.25) is 24.6 Å². The average Bonchev–Trinajstić information content (AvgIpc) is 2.98. The zero-order valence-electron chi connectivity index (χ0n) is 22.7. The van der Waals surface area contributed by atoms with Crippen LogP contribution in [0.15, 0.2) is 41.1 Å². The minimum Gasteiger partial charge on any atom is -0.378 e. The van der Waals surface area contributed by atoms with Crippen LogP contribution in [0, 0.1) is 10.1 Å². The lowest BCUT2D eigenvalue weighted by atomic mass is 9.89. The van der Waals surface area contributed by atoms with Gasteiger partial charge in [0.25, 0.3) is 11.6 Å². The van der Waals surface area contributed by atoms with Gasteiger partial charge >= 0.3 is 7.59 Å². The highest BCUT2D eigenvalue weighted by Crippen LogP contribution is 2.52. The van der Waals surface area contributed by atoms with Crippen molar-refractivity contribution < 1.29 is 19.0 Å². The van der Waals surface area contributed by atoms with Gasteiger partial charge in [-0.25, -0.2) is 9.34 Å². The van der Waals surface area contributed by atoms with Gasteiger partial charge in [0.1, 0.15) is 0 Å². The second-order valence-electron chi connectivity index (χ2n) is 10.8. The molecule has 11 heteroatoms. The molecule has 0 bridgehead atoms. The Kier molecular flexibility index (Phi) is 9.17. The van der Waals surface area contributed by atoms with Crippen molar-refractivity contribution in [2.75, 3.05) is 52.5 Å². The lowest BCUT2D eigenvalue weighted by Gasteiger charge is -2.42. The summed E-state index contributed by atoms with van der Waals surface area (Å²) in [6.07, 6.45) is 10.5. The highest BCUT2D eigenvalue weighted by Gasteiger charge is 2.41. The highest BCUT2D eigenvalue weighted by molar-refractivity contribution is 7.57. The lowest BCUT2D eigenvalue weighted by Crippen LogP contribution is -2.45. The minimum absolute atomic E-state index is 0.0518. The van der Waals surface area contributed by atoms with Crippen LogP contribution in [0.2, 0.25) is 0 Å². The van der Waals surface area contributed by atoms with E-state index in [9.17, 15) is 19.5 Å². The zero-order chi connectivity index (χ0) is 27.2. The Labute approximate surface area is 230 Å². The van der Waals surface area contributed by atoms with Crippen molar-refractivity contribution in [1.82, 2.24) is 19.3 Å². The Morgan fingerprint density at radius 3 is 2.03 bits per heavy atom. The number of nitrogens with one attached hydrogen (secondary N) is 1. The van der Waals surface area contributed by atoms with E-state index in [1.54, 1.807) is 12.1 Å². The summed E-state index contributed by atoms with van der Waals surface area (Å²) in [6.45, 7) is 5.51. The maximum Gasteiger partial charge on any atom is 0.311 e. The molecule has 0 atom stereocenters. The number of nitro benzene ring substituents is 1. The van der Waals surface area contributed by atoms with E-state index in [4.69, 9.17) is 4.74 Å². The number of carbonyl (C=O) groups is 1. The fourth-order valence-electron chi connectivity index (χ4n) is 6.14. The number of amides is 1. The number of carbonyl (C=O) groups excluding carboxylic acids is 1. The summed E-state index contributed by atoms with van der Waals surface area (Å²) >= 11 is 0. The van der Waals surface area contributed by atoms with Gasteiger partial charge < -0.3 is 9.64 Å². The van der Waals surface area contributed by atoms with Crippen LogP contribution >= 0.6 is 7.59 Å². The van der Waals surface area contributed by atoms with Crippen LogP contribution in [-0.4, -0.2) is 77.6 Å². The van der Waals surface area contributed by atoms with Crippen LogP contribution in [0.25, 0.3) is 6.08 Å². The van der Waals surface area contributed by atoms with Gasteiger partial charge in [0, 0.05) is 62.7 Å². The van der Waals surface area contributed by atoms with Gasteiger partial charge in [-0.15, -0.1) is 0 Å². The van der Waals surface area contributed by atoms with Crippen LogP contribution in [-0.2, 0) is 14.1 Å². The van der Waals surface area contributed by atoms with Crippen LogP contribution < -0.4 is 5.09 Å². The largest absolute Gasteiger partial charge is 0.378 e. The number of nitro groups is 1. The summed E-state index contributed by atoms with van der Waals surface area (Å²) in [5.74, 6) is -0.231. The third-order valence-electron chi connectivity index (χ3n) is 8.19. The number of morpholine rings is 1. The number of ether oxygens (including phenoxy) is 1. The molecular formula is C28H40N5O5P. The number of rotatable bonds is 7. The molecule has 5 rings (SSSR count). The molecule has 0 saturated carbocycles. The molecule has 3 saturated heterocycles. The van der Waals surface area contributed by atoms with Crippen LogP contribution in [0.4, 0.5) is 5.69 Å². The molecule has 4 aliphatic rings. The third kappa shape index (κ3) is 6.46. The zero-order valence-corrected chi connectivity index (χ0v) is 23.6. The van der Waals surface area contributed by atoms with E-state index >= 15 is 0 Å². The molecule has 1 aromatic rings. The molecule has 212 valence electrons. The van der Waals surface area contributed by atoms with Crippen molar-refractivity contribution in [3.05, 3.63) is 56.8 Å². The Balaban J connectivity index is 1.49. The van der Waals surface area contributed by atoms with E-state index in [1.165, 1.54) is 12.1 Å². The molecule has 0 spiro atoms. The first kappa shape index (κ1) is 28.0. The maximum absolute atomic E-state index is 14.7. The van der Waals surface area contributed by atoms with E-state index in [0.29, 0.717) is 38.3 Å². The molecule has 1 aromatic carbocycles. The molecule has 0 radical (unpaired) electrons. The number of piperidine rings is 2. The first-order valence-electron chi connectivity index (χ1n) is 14.4. The monoisotopic (exact) mass is 557 g/mol. The van der Waals surface area contributed by atoms with Crippen molar-refractivity contribution in [2.24, 2.45) is 0 Å². The van der Waals surface area contributed by atoms with Crippen LogP contribution in [0.5, 0.6) is 0 Å². The van der Waals surface area contributed by atoms with Gasteiger partial charge in [-0.2, -0.15) is 0 Å². The first-order valence-corrected chi connectivity index (χ1v) is 16.0. The summed E-state index contributed by atoms with van der Waals surface area (Å²) in [4.78, 5) is 27.0. The maximum atomic E-state index is 14.7. The van der Waals surface area contributed by atoms with Crippen molar-refractivity contribution in [2.45, 2.75) is 57.8 Å². The highest BCUT2D eigenvalue weighted by atomic mass is 31.2. The standard InChI is InChI=1S/C28H40N5O5P/c34-28(29-39(37,31-14-3-1-4-15-31)32-16-5-2-6-17-32)26-9-7-8-24(27(26)30-18-20-38-21-19-30)22-23-10-12-25(13-11-23)33(35)36/h10-13,22H,1-9,14-21H2,(H,29,34,37). The number of non-ortho nitro benzene ring substituents is 1. The van der Waals surface area contributed by atoms with Gasteiger partial charge in [-0.1, -0.05) is 12.8 Å². The van der Waals surface area contributed by atoms with Crippen LogP contribution in [0.1, 0.15) is 63.4 Å². The van der Waals surface area contributed by atoms with Crippen LogP contribution in [0.3, 0.4) is 0 Å². The van der Waals surface area contributed by atoms with Crippen molar-refractivity contribution in [3.8, 4) is 0 Å². The molecule has 3 heterocycles. The molecule has 3 fully saturated rings. The molecule has 0 aromatic heterocycles. The SMILES string of the molecule is O=C(NP(=O)(N1CCCCC1)N1CCCCC1)C1=C(N2CCOCC2)C(=Cc2ccc([N+](=O)[O-])cc2)CCC1. The molecule has 3 aliphatic heterocycles. The van der Waals surface area contributed by atoms with Crippen molar-refractivity contribution in [3.63, 3.8) is 0 Å². The number of hydrogen-bond donors (Lipinski definition) is 1. The summed E-state index contributed by atoms with van der Waals surface area (Å²) < 4.78 is 24.4. The van der Waals surface area contributed by atoms with E-state index in [2.05, 4.69) is 9.99 Å². The normalized spacial score (nSPS) is 23.2. The Bertz CT molecular complexity index is 1130. The van der Waals surface area contributed by atoms with Crippen molar-refractivity contribution in [1.29, 1.82) is 0 Å². The fraction of sp³-hybridized carbons (Fsp3) is 0.607. The average molecular weight is 558 g/mol. The Hall–Kier alpha value is -2.52. The smallest absolute Gasteiger partial charge is 0.311 e. The second-order valence-corrected chi connectivity index (χ2v) is 13.3. The minimum atomic E-state index is -3.25. The number of nitrogens with zero attached hydrogens (tertiary/aromatic N) is 4. The number of allylic oxidation sites excluding steroid dienone is 1. The predicted octanol–water partition coefficient (Wildman–Crippen LogP) is 4.94. The molecular weight excluding hydrogens is 517 g/mol. The van der Waals surface area contributed by atoms with Crippen molar-refractivity contribution >= 4 is 25.3 Å². The Morgan fingerprint density at radius 2 is 1.46 bits per heavy atom. The van der Waals surface area contributed by atoms with Gasteiger partial charge in [0.05, 0.1) is 18.1 Å². The molecule has 1 N–H and O–H groups in total. The van der Waals surface area contributed by atoms with E-state index in [1.807, 2.05) is 15.4 Å². The van der Waals surface area contributed by atoms with Gasteiger partial charge in [0.15, 0.2) is 0 Å². The molecule has 1 aliphatic carbocycles. The van der Waals surface area contributed by atoms with E-state index in [-0.39, 0.29) is 11.6 Å². The van der Waals surface area contributed by atoms with Gasteiger partial charge in [-0.05, 0) is 74.3 Å². The summed E-state index contributed by atoms with van der Waals surface area (Å²) in [6, 6.07) is 6.51. The molecule has 39 heavy (non-hydrogen) atoms. The quantitative estimate of drug-likeness (QED) is 0.285. The van der Waals surface area contributed by atoms with E-state index < -0.39 is 12.5 Å². The van der Waals surface area contributed by atoms with E-state index in [0.717, 1.165) is 94.4 Å². The first-order chi connectivity index (χ1) is 19.0. The van der Waals surface area contributed by atoms with Gasteiger partial charge in [0.2, 0.25) is 0 Å². The summed E-state index contributed by atoms with van der Waals surface area (Å²) in [7, 11) is -3.25. The topological polar surface area (TPSA) is 108 Å². The summed E-state index contributed by atoms with van der Waals surface area (Å²) in [5.41, 5.74) is 3.54. The molecule has 10 nitrogen and oxygen atoms in total. The summed E-state index contributed by atoms with van der Waals surface area (Å²) in [5, 5.41) is 14.2. The lowest BCUT2D eigenvalue weighted by molar-refractivity contribution is -0.384.